The molecular weight excluding hydrogens is 1170 g/mol. The summed E-state index contributed by atoms with van der Waals surface area (Å²) in [5, 5.41) is 34.9. The van der Waals surface area contributed by atoms with Crippen LogP contribution in [0, 0.1) is 45.9 Å². The van der Waals surface area contributed by atoms with Crippen molar-refractivity contribution in [2.75, 3.05) is 20.1 Å². The molecule has 0 spiro atoms. The zero-order chi connectivity index (χ0) is 65.2. The van der Waals surface area contributed by atoms with Crippen LogP contribution in [0.1, 0.15) is 91.9 Å². The van der Waals surface area contributed by atoms with E-state index >= 15 is 0 Å². The molecule has 2 saturated heterocycles. The highest BCUT2D eigenvalue weighted by Crippen LogP contribution is 2.30. The van der Waals surface area contributed by atoms with Gasteiger partial charge < -0.3 is 52.5 Å². The third-order valence-electron chi connectivity index (χ3n) is 13.9. The minimum atomic E-state index is -1.49. The number of nitriles is 2. The van der Waals surface area contributed by atoms with Crippen LogP contribution in [0.15, 0.2) is 151 Å². The van der Waals surface area contributed by atoms with Crippen molar-refractivity contribution in [3.63, 3.8) is 0 Å². The molecule has 0 saturated carbocycles. The third kappa shape index (κ3) is 21.5. The van der Waals surface area contributed by atoms with Crippen LogP contribution in [0.5, 0.6) is 17.2 Å². The summed E-state index contributed by atoms with van der Waals surface area (Å²) in [6.07, 6.45) is 4.84. The van der Waals surface area contributed by atoms with Crippen LogP contribution in [-0.4, -0.2) is 98.5 Å². The van der Waals surface area contributed by atoms with Crippen molar-refractivity contribution in [3.8, 4) is 29.8 Å². The molecule has 0 aliphatic carbocycles. The zero-order valence-corrected chi connectivity index (χ0v) is 49.6. The number of benzene rings is 6. The molecule has 9 rings (SSSR count). The summed E-state index contributed by atoms with van der Waals surface area (Å²) in [5.74, 6) is -3.24. The van der Waals surface area contributed by atoms with E-state index in [1.54, 1.807) is 130 Å². The van der Waals surface area contributed by atoms with Gasteiger partial charge in [0.1, 0.15) is 73.6 Å². The van der Waals surface area contributed by atoms with Gasteiger partial charge in [-0.15, -0.1) is 0 Å². The predicted octanol–water partition coefficient (Wildman–Crippen LogP) is 8.77. The number of hydrogen-bond acceptors (Lipinski definition) is 20. The Bertz CT molecular complexity index is 3530. The second-order valence-corrected chi connectivity index (χ2v) is 21.3. The van der Waals surface area contributed by atoms with Crippen molar-refractivity contribution in [1.29, 1.82) is 10.5 Å². The lowest BCUT2D eigenvalue weighted by atomic mass is 9.57. The van der Waals surface area contributed by atoms with E-state index in [0.29, 0.717) is 51.4 Å². The van der Waals surface area contributed by atoms with Crippen LogP contribution in [0.3, 0.4) is 0 Å². The highest BCUT2D eigenvalue weighted by atomic mass is 19.1. The van der Waals surface area contributed by atoms with Crippen molar-refractivity contribution in [1.82, 2.24) is 0 Å². The summed E-state index contributed by atoms with van der Waals surface area (Å²) in [4.78, 5) is 74.4. The van der Waals surface area contributed by atoms with Gasteiger partial charge in [-0.05, 0) is 136 Å². The summed E-state index contributed by atoms with van der Waals surface area (Å²) >= 11 is 0. The Morgan fingerprint density at radius 2 is 1.06 bits per heavy atom. The minimum Gasteiger partial charge on any atom is -0.493 e. The van der Waals surface area contributed by atoms with Crippen LogP contribution in [0.4, 0.5) is 13.2 Å². The topological polar surface area (TPSA) is 286 Å². The van der Waals surface area contributed by atoms with E-state index < -0.39 is 67.9 Å². The van der Waals surface area contributed by atoms with Gasteiger partial charge in [-0.25, -0.2) is 18.0 Å². The molecule has 0 radical (unpaired) electrons. The van der Waals surface area contributed by atoms with E-state index in [2.05, 4.69) is 9.73 Å². The van der Waals surface area contributed by atoms with Gasteiger partial charge in [-0.3, -0.25) is 29.0 Å². The first-order chi connectivity index (χ1) is 43.2. The van der Waals surface area contributed by atoms with Crippen LogP contribution >= 0.6 is 0 Å². The number of halogens is 3. The average Bonchev–Trinajstić information content (AvgIpc) is 3.35. The molecule has 6 aromatic rings. The van der Waals surface area contributed by atoms with Gasteiger partial charge in [0.15, 0.2) is 5.78 Å². The Morgan fingerprint density at radius 3 is 1.47 bits per heavy atom. The van der Waals surface area contributed by atoms with Gasteiger partial charge in [-0.1, -0.05) is 66.7 Å². The second kappa shape index (κ2) is 34.6. The number of hydrogen-bond donors (Lipinski definition) is 2. The Hall–Kier alpha value is -9.91. The summed E-state index contributed by atoms with van der Waals surface area (Å²) < 4.78 is 85.6. The van der Waals surface area contributed by atoms with E-state index in [4.69, 9.17) is 58.3 Å². The normalized spacial score (nSPS) is 15.4. The molecule has 2 fully saturated rings. The van der Waals surface area contributed by atoms with Crippen molar-refractivity contribution in [2.45, 2.75) is 96.8 Å². The number of carbonyl (C=O) groups is 6. The minimum absolute atomic E-state index is 0.00692. The first kappa shape index (κ1) is 69.2. The fraction of sp³-hybridized carbons (Fsp3) is 0.297. The lowest BCUT2D eigenvalue weighted by Gasteiger charge is -2.15. The number of Topliss-reactive ketones (excluding diaryl/α,β-unsaturated/α-hetero) is 1. The first-order valence-corrected chi connectivity index (χ1v) is 28.3. The number of rotatable bonds is 21. The van der Waals surface area contributed by atoms with Crippen LogP contribution in [-0.2, 0) is 72.0 Å². The summed E-state index contributed by atoms with van der Waals surface area (Å²) in [7, 11) is -0.122. The Morgan fingerprint density at radius 1 is 0.633 bits per heavy atom. The van der Waals surface area contributed by atoms with Crippen LogP contribution in [0.25, 0.3) is 0 Å². The molecule has 2 N–H and O–H groups in total. The molecule has 2 unspecified atom stereocenters. The molecule has 0 bridgehead atoms. The van der Waals surface area contributed by atoms with Crippen LogP contribution < -0.4 is 19.7 Å². The maximum Gasteiger partial charge on any atom is 0.488 e. The van der Waals surface area contributed by atoms with E-state index in [-0.39, 0.29) is 87.7 Å². The van der Waals surface area contributed by atoms with E-state index in [0.717, 1.165) is 17.7 Å². The van der Waals surface area contributed by atoms with Gasteiger partial charge in [0.05, 0.1) is 24.2 Å². The Kier molecular flexibility index (Phi) is 26.6. The number of ketones is 1. The number of cyclic esters (lactones) is 2. The Balaban J connectivity index is 0.000000194. The number of esters is 5. The third-order valence-corrected chi connectivity index (χ3v) is 13.9. The number of ether oxygens (including phenoxy) is 7. The molecule has 0 aromatic heterocycles. The summed E-state index contributed by atoms with van der Waals surface area (Å²) in [6, 6.07) is 39.2. The highest BCUT2D eigenvalue weighted by Gasteiger charge is 2.45. The monoisotopic (exact) mass is 1240 g/mol. The predicted molar refractivity (Wildman–Crippen MR) is 321 cm³/mol. The molecule has 3 aliphatic heterocycles. The standard InChI is InChI=1S/C20H17BFNO5.C19H18FNO3.C13H12BFO3.C12H16BNO6/c22-18-4-2-1-3-15(18)11-26-16-7-5-14(6-8-16)19(24)10-9-17-20(25)27-12-21(17)28-13-23;1-23-19(22)18-11-10-17(21-18)13-6-8-15(9-7-13)24-12-14-4-2-3-5-16(14)20;15-13-4-2-1-3-10(13)9-18-12-7-5-11(6-8-12)14(16)17;1-12(2,3)11(17)20-9(15)5-4-8-10(16)18-6-13(8)19-7-14/h1-8,17H,9-12H2;2-9,18H,10-12H2,1H3;1-8,16-17H,9H2;8H,4-6H2,1-3H3/t;18-;;/m.0../s1. The van der Waals surface area contributed by atoms with Gasteiger partial charge in [0.2, 0.25) is 0 Å². The van der Waals surface area contributed by atoms with E-state index in [1.807, 2.05) is 24.3 Å². The molecule has 6 aromatic carbocycles. The van der Waals surface area contributed by atoms with Gasteiger partial charge in [0, 0.05) is 40.8 Å². The molecule has 3 aliphatic rings. The molecule has 3 atom stereocenters. The molecule has 26 heteroatoms. The largest absolute Gasteiger partial charge is 0.493 e. The number of carbonyl (C=O) groups excluding carboxylic acids is 6. The molecule has 0 amide bonds. The summed E-state index contributed by atoms with van der Waals surface area (Å²) in [5.41, 5.74) is 3.38. The second-order valence-electron chi connectivity index (χ2n) is 21.3. The maximum absolute atomic E-state index is 13.6. The fourth-order valence-corrected chi connectivity index (χ4v) is 8.73. The molecule has 466 valence electrons. The lowest BCUT2D eigenvalue weighted by Crippen LogP contribution is -2.29. The number of methoxy groups -OCH3 is 1. The molecule has 3 heterocycles. The van der Waals surface area contributed by atoms with Gasteiger partial charge >= 0.3 is 50.8 Å². The smallest absolute Gasteiger partial charge is 0.488 e. The molecule has 20 nitrogen and oxygen atoms in total. The van der Waals surface area contributed by atoms with E-state index in [9.17, 15) is 41.9 Å². The van der Waals surface area contributed by atoms with Gasteiger partial charge in [-0.2, -0.15) is 10.5 Å². The van der Waals surface area contributed by atoms with Crippen molar-refractivity contribution in [3.05, 3.63) is 191 Å². The lowest BCUT2D eigenvalue weighted by molar-refractivity contribution is -0.165. The quantitative estimate of drug-likeness (QED) is 0.0170. The van der Waals surface area contributed by atoms with Crippen LogP contribution in [0.2, 0.25) is 11.6 Å². The highest BCUT2D eigenvalue weighted by molar-refractivity contribution is 6.61. The maximum atomic E-state index is 13.6. The summed E-state index contributed by atoms with van der Waals surface area (Å²) in [6.45, 7) is 3.99. The van der Waals surface area contributed by atoms with Gasteiger partial charge in [0.25, 0.3) is 12.5 Å². The van der Waals surface area contributed by atoms with Crippen molar-refractivity contribution >= 4 is 67.8 Å². The number of aliphatic imine (C=N–C) groups is 1. The van der Waals surface area contributed by atoms with Crippen molar-refractivity contribution < 1.29 is 94.5 Å². The average molecular weight is 1240 g/mol. The zero-order valence-electron chi connectivity index (χ0n) is 49.6. The number of nitrogens with zero attached hydrogens (tertiary/aromatic N) is 3. The fourth-order valence-electron chi connectivity index (χ4n) is 8.73. The van der Waals surface area contributed by atoms with Crippen molar-refractivity contribution in [2.24, 2.45) is 10.4 Å². The first-order valence-electron chi connectivity index (χ1n) is 28.3. The molecule has 90 heavy (non-hydrogen) atoms. The Labute approximate surface area is 518 Å². The van der Waals surface area contributed by atoms with E-state index in [1.165, 1.54) is 31.6 Å². The molecular formula is C64H63B3F3N3O17. The SMILES string of the molecule is CC(C)(C)C(=O)OC(=O)CCC1B(OC#N)COC1=O.COC(=O)[C@@H]1CCC(c2ccc(OCc3ccccc3F)cc2)=N1.N#COB1COC(=O)C1CCC(=O)c1ccc(OCc2ccccc2F)cc1.OB(O)c1ccc(OCc2ccccc2F)cc1.